The molecular weight excluding hydrogens is 236 g/mol. The third kappa shape index (κ3) is 3.15. The number of methoxy groups -OCH3 is 1. The van der Waals surface area contributed by atoms with E-state index >= 15 is 0 Å². The fourth-order valence-corrected chi connectivity index (χ4v) is 2.38. The van der Waals surface area contributed by atoms with Gasteiger partial charge in [-0.05, 0) is 25.0 Å². The largest absolute Gasteiger partial charge is 0.496 e. The zero-order valence-electron chi connectivity index (χ0n) is 11.5. The molecule has 0 amide bonds. The Balaban J connectivity index is 2.42. The highest BCUT2D eigenvalue weighted by molar-refractivity contribution is 5.42. The van der Waals surface area contributed by atoms with Crippen molar-refractivity contribution >= 4 is 0 Å². The van der Waals surface area contributed by atoms with Gasteiger partial charge in [0.1, 0.15) is 5.75 Å². The minimum Gasteiger partial charge on any atom is -0.496 e. The Morgan fingerprint density at radius 3 is 2.37 bits per heavy atom. The maximum Gasteiger partial charge on any atom is 0.122 e. The quantitative estimate of drug-likeness (QED) is 0.887. The van der Waals surface area contributed by atoms with E-state index in [0.29, 0.717) is 6.42 Å². The lowest BCUT2D eigenvalue weighted by Crippen LogP contribution is -2.05. The van der Waals surface area contributed by atoms with Gasteiger partial charge in [-0.15, -0.1) is 0 Å². The first-order valence-electron chi connectivity index (χ1n) is 6.56. The van der Waals surface area contributed by atoms with Crippen LogP contribution in [0.3, 0.4) is 0 Å². The molecule has 0 saturated heterocycles. The summed E-state index contributed by atoms with van der Waals surface area (Å²) in [7, 11) is 1.68. The fraction of sp³-hybridized carbons (Fsp3) is 0.294. The minimum absolute atomic E-state index is 0.163. The van der Waals surface area contributed by atoms with Crippen LogP contribution in [0.5, 0.6) is 5.75 Å². The Labute approximate surface area is 114 Å². The summed E-state index contributed by atoms with van der Waals surface area (Å²) in [5, 5.41) is 9.34. The first kappa shape index (κ1) is 13.6. The van der Waals surface area contributed by atoms with Crippen LogP contribution >= 0.6 is 0 Å². The Morgan fingerprint density at radius 1 is 1.05 bits per heavy atom. The van der Waals surface area contributed by atoms with Crippen molar-refractivity contribution in [1.29, 1.82) is 0 Å². The predicted molar refractivity (Wildman–Crippen MR) is 77.7 cm³/mol. The minimum atomic E-state index is 0.163. The summed E-state index contributed by atoms with van der Waals surface area (Å²) < 4.78 is 5.44. The zero-order valence-corrected chi connectivity index (χ0v) is 11.5. The third-order valence-corrected chi connectivity index (χ3v) is 3.41. The Hall–Kier alpha value is -1.80. The monoisotopic (exact) mass is 256 g/mol. The van der Waals surface area contributed by atoms with Crippen molar-refractivity contribution in [2.45, 2.75) is 19.3 Å². The fourth-order valence-electron chi connectivity index (χ4n) is 2.38. The van der Waals surface area contributed by atoms with Crippen molar-refractivity contribution in [3.05, 3.63) is 65.2 Å². The van der Waals surface area contributed by atoms with Crippen LogP contribution in [-0.4, -0.2) is 18.8 Å². The van der Waals surface area contributed by atoms with Gasteiger partial charge in [0.15, 0.2) is 0 Å². The van der Waals surface area contributed by atoms with E-state index in [0.717, 1.165) is 11.3 Å². The van der Waals surface area contributed by atoms with E-state index in [-0.39, 0.29) is 12.5 Å². The summed E-state index contributed by atoms with van der Waals surface area (Å²) in [6.07, 6.45) is 0.698. The van der Waals surface area contributed by atoms with Gasteiger partial charge in [0.05, 0.1) is 7.11 Å². The second-order valence-corrected chi connectivity index (χ2v) is 4.72. The molecule has 0 aliphatic rings. The average Bonchev–Trinajstić information content (AvgIpc) is 2.46. The molecule has 2 aromatic carbocycles. The van der Waals surface area contributed by atoms with Crippen LogP contribution in [0.2, 0.25) is 0 Å². The molecule has 100 valence electrons. The zero-order chi connectivity index (χ0) is 13.7. The van der Waals surface area contributed by atoms with E-state index in [2.05, 4.69) is 37.3 Å². The number of aliphatic hydroxyl groups is 1. The molecule has 0 aliphatic carbocycles. The lowest BCUT2D eigenvalue weighted by molar-refractivity contribution is 0.280. The summed E-state index contributed by atoms with van der Waals surface area (Å²) in [6, 6.07) is 16.5. The molecule has 0 aromatic heterocycles. The summed E-state index contributed by atoms with van der Waals surface area (Å²) in [4.78, 5) is 0. The molecule has 2 heteroatoms. The van der Waals surface area contributed by atoms with Gasteiger partial charge >= 0.3 is 0 Å². The van der Waals surface area contributed by atoms with Gasteiger partial charge in [-0.2, -0.15) is 0 Å². The smallest absolute Gasteiger partial charge is 0.122 e. The third-order valence-electron chi connectivity index (χ3n) is 3.41. The molecule has 2 rings (SSSR count). The van der Waals surface area contributed by atoms with Crippen molar-refractivity contribution in [3.63, 3.8) is 0 Å². The van der Waals surface area contributed by atoms with Crippen LogP contribution in [0.4, 0.5) is 0 Å². The molecule has 0 saturated carbocycles. The first-order valence-corrected chi connectivity index (χ1v) is 6.56. The van der Waals surface area contributed by atoms with Gasteiger partial charge in [0.25, 0.3) is 0 Å². The topological polar surface area (TPSA) is 29.5 Å². The molecular formula is C17H20O2. The second-order valence-electron chi connectivity index (χ2n) is 4.72. The van der Waals surface area contributed by atoms with E-state index in [9.17, 15) is 5.11 Å². The maximum atomic E-state index is 9.34. The summed E-state index contributed by atoms with van der Waals surface area (Å²) in [6.45, 7) is 2.24. The van der Waals surface area contributed by atoms with E-state index in [1.54, 1.807) is 7.11 Å². The number of aliphatic hydroxyl groups excluding tert-OH is 1. The highest BCUT2D eigenvalue weighted by atomic mass is 16.5. The standard InChI is InChI=1S/C17H20O2/c1-13-7-9-14(10-8-13)15(11-12-18)16-5-3-4-6-17(16)19-2/h3-10,15,18H,11-12H2,1-2H3. The predicted octanol–water partition coefficient (Wildman–Crippen LogP) is 3.52. The number of aryl methyl sites for hydroxylation is 1. The summed E-state index contributed by atoms with van der Waals surface area (Å²) >= 11 is 0. The molecule has 1 atom stereocenters. The van der Waals surface area contributed by atoms with Crippen LogP contribution in [0.25, 0.3) is 0 Å². The Kier molecular flexibility index (Phi) is 4.58. The highest BCUT2D eigenvalue weighted by Crippen LogP contribution is 2.34. The summed E-state index contributed by atoms with van der Waals surface area (Å²) in [5.41, 5.74) is 3.58. The van der Waals surface area contributed by atoms with Crippen LogP contribution in [0, 0.1) is 6.92 Å². The van der Waals surface area contributed by atoms with E-state index < -0.39 is 0 Å². The van der Waals surface area contributed by atoms with Gasteiger partial charge in [0, 0.05) is 18.1 Å². The average molecular weight is 256 g/mol. The molecule has 2 aromatic rings. The molecule has 0 radical (unpaired) electrons. The van der Waals surface area contributed by atoms with Crippen molar-refractivity contribution in [3.8, 4) is 5.75 Å². The number of hydrogen-bond acceptors (Lipinski definition) is 2. The normalized spacial score (nSPS) is 12.2. The molecule has 0 fully saturated rings. The molecule has 0 bridgehead atoms. The van der Waals surface area contributed by atoms with Gasteiger partial charge in [-0.1, -0.05) is 48.0 Å². The van der Waals surface area contributed by atoms with E-state index in [4.69, 9.17) is 4.74 Å². The molecule has 1 N–H and O–H groups in total. The van der Waals surface area contributed by atoms with Crippen molar-refractivity contribution in [2.75, 3.05) is 13.7 Å². The van der Waals surface area contributed by atoms with E-state index in [1.165, 1.54) is 11.1 Å². The number of rotatable bonds is 5. The lowest BCUT2D eigenvalue weighted by Gasteiger charge is -2.19. The van der Waals surface area contributed by atoms with Crippen LogP contribution < -0.4 is 4.74 Å². The number of benzene rings is 2. The Morgan fingerprint density at radius 2 is 1.74 bits per heavy atom. The molecule has 0 spiro atoms. The van der Waals surface area contributed by atoms with Gasteiger partial charge in [0.2, 0.25) is 0 Å². The second kappa shape index (κ2) is 6.39. The lowest BCUT2D eigenvalue weighted by atomic mass is 9.88. The Bertz CT molecular complexity index is 517. The van der Waals surface area contributed by atoms with Crippen molar-refractivity contribution in [1.82, 2.24) is 0 Å². The van der Waals surface area contributed by atoms with Crippen LogP contribution in [0.1, 0.15) is 29.0 Å². The van der Waals surface area contributed by atoms with Gasteiger partial charge in [-0.3, -0.25) is 0 Å². The van der Waals surface area contributed by atoms with Crippen LogP contribution in [0.15, 0.2) is 48.5 Å². The van der Waals surface area contributed by atoms with Gasteiger partial charge in [-0.25, -0.2) is 0 Å². The number of para-hydroxylation sites is 1. The molecule has 19 heavy (non-hydrogen) atoms. The molecule has 0 heterocycles. The van der Waals surface area contributed by atoms with Crippen molar-refractivity contribution in [2.24, 2.45) is 0 Å². The van der Waals surface area contributed by atoms with Gasteiger partial charge < -0.3 is 9.84 Å². The number of ether oxygens (including phenoxy) is 1. The highest BCUT2D eigenvalue weighted by Gasteiger charge is 2.17. The first-order chi connectivity index (χ1) is 9.26. The summed E-state index contributed by atoms with van der Waals surface area (Å²) in [5.74, 6) is 1.04. The van der Waals surface area contributed by atoms with Crippen LogP contribution in [-0.2, 0) is 0 Å². The SMILES string of the molecule is COc1ccccc1C(CCO)c1ccc(C)cc1. The molecule has 2 nitrogen and oxygen atoms in total. The maximum absolute atomic E-state index is 9.34. The molecule has 1 unspecified atom stereocenters. The molecule has 0 aliphatic heterocycles. The number of hydrogen-bond donors (Lipinski definition) is 1. The van der Waals surface area contributed by atoms with Crippen molar-refractivity contribution < 1.29 is 9.84 Å². The van der Waals surface area contributed by atoms with E-state index in [1.807, 2.05) is 18.2 Å².